The molecule has 1 aliphatic rings. The maximum atomic E-state index is 4.43. The molecule has 14 heavy (non-hydrogen) atoms. The molecule has 1 fully saturated rings. The van der Waals surface area contributed by atoms with Gasteiger partial charge in [0.15, 0.2) is 0 Å². The van der Waals surface area contributed by atoms with Gasteiger partial charge in [0.25, 0.3) is 0 Å². The van der Waals surface area contributed by atoms with E-state index in [1.165, 1.54) is 18.0 Å². The fraction of sp³-hybridized carbons (Fsp3) is 0.778. The number of anilines is 1. The second-order valence-electron chi connectivity index (χ2n) is 3.56. The highest BCUT2D eigenvalue weighted by atomic mass is 32.1. The molecule has 0 spiro atoms. The van der Waals surface area contributed by atoms with Crippen LogP contribution in [-0.4, -0.2) is 35.0 Å². The summed E-state index contributed by atoms with van der Waals surface area (Å²) in [5.41, 5.74) is 0. The van der Waals surface area contributed by atoms with Gasteiger partial charge in [-0.25, -0.2) is 4.98 Å². The zero-order valence-corrected chi connectivity index (χ0v) is 9.47. The van der Waals surface area contributed by atoms with Crippen molar-refractivity contribution in [2.24, 2.45) is 0 Å². The van der Waals surface area contributed by atoms with Crippen LogP contribution in [0.4, 0.5) is 5.13 Å². The molecule has 78 valence electrons. The molecule has 1 atom stereocenters. The van der Waals surface area contributed by atoms with Crippen molar-refractivity contribution in [1.82, 2.24) is 14.7 Å². The molecular formula is C9H16N4S. The number of rotatable bonds is 3. The molecule has 1 aromatic rings. The Morgan fingerprint density at radius 3 is 3.00 bits per heavy atom. The van der Waals surface area contributed by atoms with Crippen LogP contribution >= 0.6 is 11.5 Å². The Morgan fingerprint density at radius 2 is 2.50 bits per heavy atom. The van der Waals surface area contributed by atoms with Gasteiger partial charge >= 0.3 is 0 Å². The van der Waals surface area contributed by atoms with Crippen LogP contribution in [0.2, 0.25) is 0 Å². The van der Waals surface area contributed by atoms with Crippen molar-refractivity contribution in [3.05, 3.63) is 5.82 Å². The van der Waals surface area contributed by atoms with E-state index in [9.17, 15) is 0 Å². The normalized spacial score (nSPS) is 21.4. The third-order valence-electron chi connectivity index (χ3n) is 2.58. The lowest BCUT2D eigenvalue weighted by molar-refractivity contribution is 0.646. The standard InChI is InChI=1S/C9H16N4S/c1-3-13(8-4-5-10-6-8)9-11-7(2)12-14-9/h8,10H,3-6H2,1-2H3. The lowest BCUT2D eigenvalue weighted by Gasteiger charge is -2.25. The van der Waals surface area contributed by atoms with Crippen molar-refractivity contribution in [3.8, 4) is 0 Å². The van der Waals surface area contributed by atoms with Crippen molar-refractivity contribution in [1.29, 1.82) is 0 Å². The second kappa shape index (κ2) is 4.23. The van der Waals surface area contributed by atoms with Gasteiger partial charge in [-0.2, -0.15) is 4.37 Å². The van der Waals surface area contributed by atoms with E-state index in [-0.39, 0.29) is 0 Å². The molecule has 0 bridgehead atoms. The number of hydrogen-bond donors (Lipinski definition) is 1. The number of likely N-dealkylation sites (N-methyl/N-ethyl adjacent to an activating group) is 1. The predicted octanol–water partition coefficient (Wildman–Crippen LogP) is 1.03. The second-order valence-corrected chi connectivity index (χ2v) is 4.29. The van der Waals surface area contributed by atoms with Crippen LogP contribution in [0.25, 0.3) is 0 Å². The zero-order valence-electron chi connectivity index (χ0n) is 8.66. The Labute approximate surface area is 88.5 Å². The third-order valence-corrected chi connectivity index (χ3v) is 3.42. The van der Waals surface area contributed by atoms with Crippen molar-refractivity contribution in [2.45, 2.75) is 26.3 Å². The van der Waals surface area contributed by atoms with Crippen molar-refractivity contribution in [3.63, 3.8) is 0 Å². The Balaban J connectivity index is 2.12. The quantitative estimate of drug-likeness (QED) is 0.812. The van der Waals surface area contributed by atoms with Gasteiger partial charge in [-0.15, -0.1) is 0 Å². The number of aromatic nitrogens is 2. The van der Waals surface area contributed by atoms with Crippen LogP contribution in [-0.2, 0) is 0 Å². The molecule has 1 aromatic heterocycles. The SMILES string of the molecule is CCN(c1nc(C)ns1)C1CCNC1. The Morgan fingerprint density at radius 1 is 1.64 bits per heavy atom. The molecule has 1 aliphatic heterocycles. The molecule has 0 saturated carbocycles. The molecule has 0 amide bonds. The minimum Gasteiger partial charge on any atom is -0.343 e. The molecule has 4 nitrogen and oxygen atoms in total. The smallest absolute Gasteiger partial charge is 0.205 e. The fourth-order valence-corrected chi connectivity index (χ4v) is 2.67. The number of nitrogens with one attached hydrogen (secondary N) is 1. The van der Waals surface area contributed by atoms with E-state index in [0.717, 1.165) is 30.6 Å². The third kappa shape index (κ3) is 1.88. The molecule has 2 heterocycles. The first kappa shape index (κ1) is 9.86. The Bertz CT molecular complexity index is 293. The van der Waals surface area contributed by atoms with Gasteiger partial charge in [-0.1, -0.05) is 0 Å². The van der Waals surface area contributed by atoms with Crippen LogP contribution in [0.1, 0.15) is 19.2 Å². The van der Waals surface area contributed by atoms with Crippen LogP contribution in [0.15, 0.2) is 0 Å². The summed E-state index contributed by atoms with van der Waals surface area (Å²) in [6.07, 6.45) is 1.21. The van der Waals surface area contributed by atoms with Crippen LogP contribution in [0, 0.1) is 6.92 Å². The summed E-state index contributed by atoms with van der Waals surface area (Å²) in [6.45, 7) is 7.34. The van der Waals surface area contributed by atoms with Crippen molar-refractivity contribution in [2.75, 3.05) is 24.5 Å². The van der Waals surface area contributed by atoms with E-state index in [1.807, 2.05) is 6.92 Å². The summed E-state index contributed by atoms with van der Waals surface area (Å²) in [5, 5.41) is 4.45. The first-order valence-corrected chi connectivity index (χ1v) is 5.86. The number of aryl methyl sites for hydroxylation is 1. The average Bonchev–Trinajstić information content (AvgIpc) is 2.79. The zero-order chi connectivity index (χ0) is 9.97. The Kier molecular flexibility index (Phi) is 2.98. The maximum Gasteiger partial charge on any atom is 0.205 e. The van der Waals surface area contributed by atoms with E-state index in [0.29, 0.717) is 6.04 Å². The van der Waals surface area contributed by atoms with Crippen LogP contribution < -0.4 is 10.2 Å². The van der Waals surface area contributed by atoms with Gasteiger partial charge in [-0.05, 0) is 26.8 Å². The summed E-state index contributed by atoms with van der Waals surface area (Å²) in [6, 6.07) is 0.604. The summed E-state index contributed by atoms with van der Waals surface area (Å²) in [5.74, 6) is 0.884. The number of nitrogens with zero attached hydrogens (tertiary/aromatic N) is 3. The molecule has 1 N–H and O–H groups in total. The van der Waals surface area contributed by atoms with Gasteiger partial charge in [-0.3, -0.25) is 0 Å². The first-order chi connectivity index (χ1) is 6.81. The van der Waals surface area contributed by atoms with Gasteiger partial charge < -0.3 is 10.2 Å². The highest BCUT2D eigenvalue weighted by Crippen LogP contribution is 2.21. The molecular weight excluding hydrogens is 196 g/mol. The summed E-state index contributed by atoms with van der Waals surface area (Å²) >= 11 is 1.51. The van der Waals surface area contributed by atoms with E-state index in [4.69, 9.17) is 0 Å². The molecule has 0 radical (unpaired) electrons. The van der Waals surface area contributed by atoms with Crippen LogP contribution in [0.5, 0.6) is 0 Å². The van der Waals surface area contributed by atoms with Gasteiger partial charge in [0.1, 0.15) is 5.82 Å². The molecule has 5 heteroatoms. The predicted molar refractivity (Wildman–Crippen MR) is 58.9 cm³/mol. The minimum absolute atomic E-state index is 0.604. The highest BCUT2D eigenvalue weighted by molar-refractivity contribution is 7.09. The van der Waals surface area contributed by atoms with Gasteiger partial charge in [0.2, 0.25) is 5.13 Å². The summed E-state index contributed by atoms with van der Waals surface area (Å²) < 4.78 is 4.23. The Hall–Kier alpha value is -0.680. The van der Waals surface area contributed by atoms with Crippen molar-refractivity contribution >= 4 is 16.7 Å². The average molecular weight is 212 g/mol. The molecule has 1 saturated heterocycles. The lowest BCUT2D eigenvalue weighted by atomic mass is 10.2. The van der Waals surface area contributed by atoms with E-state index in [2.05, 4.69) is 26.5 Å². The molecule has 1 unspecified atom stereocenters. The highest BCUT2D eigenvalue weighted by Gasteiger charge is 2.23. The fourth-order valence-electron chi connectivity index (χ4n) is 1.86. The topological polar surface area (TPSA) is 41.1 Å². The number of hydrogen-bond acceptors (Lipinski definition) is 5. The van der Waals surface area contributed by atoms with Gasteiger partial charge in [0.05, 0.1) is 0 Å². The lowest BCUT2D eigenvalue weighted by Crippen LogP contribution is -2.36. The van der Waals surface area contributed by atoms with Gasteiger partial charge in [0, 0.05) is 30.7 Å². The first-order valence-electron chi connectivity index (χ1n) is 5.09. The van der Waals surface area contributed by atoms with E-state index < -0.39 is 0 Å². The van der Waals surface area contributed by atoms with Crippen LogP contribution in [0.3, 0.4) is 0 Å². The summed E-state index contributed by atoms with van der Waals surface area (Å²) in [4.78, 5) is 6.78. The molecule has 2 rings (SSSR count). The van der Waals surface area contributed by atoms with Crippen molar-refractivity contribution < 1.29 is 0 Å². The molecule has 0 aliphatic carbocycles. The maximum absolute atomic E-state index is 4.43. The van der Waals surface area contributed by atoms with E-state index >= 15 is 0 Å². The molecule has 0 aromatic carbocycles. The summed E-state index contributed by atoms with van der Waals surface area (Å²) in [7, 11) is 0. The minimum atomic E-state index is 0.604. The largest absolute Gasteiger partial charge is 0.343 e. The van der Waals surface area contributed by atoms with E-state index in [1.54, 1.807) is 0 Å². The monoisotopic (exact) mass is 212 g/mol.